The molecule has 0 aliphatic heterocycles. The van der Waals surface area contributed by atoms with E-state index in [2.05, 4.69) is 15.9 Å². The van der Waals surface area contributed by atoms with Crippen molar-refractivity contribution in [2.24, 2.45) is 0 Å². The average molecular weight is 293 g/mol. The first-order chi connectivity index (χ1) is 7.56. The third-order valence-electron chi connectivity index (χ3n) is 1.85. The fourth-order valence-electron chi connectivity index (χ4n) is 1.16. The molecular formula is C10H10BrFO4. The van der Waals surface area contributed by atoms with Crippen LogP contribution in [-0.4, -0.2) is 29.4 Å². The quantitative estimate of drug-likeness (QED) is 0.867. The fourth-order valence-corrected chi connectivity index (χ4v) is 1.40. The van der Waals surface area contributed by atoms with E-state index in [1.165, 1.54) is 12.1 Å². The van der Waals surface area contributed by atoms with Crippen molar-refractivity contribution in [2.75, 3.05) is 13.2 Å². The van der Waals surface area contributed by atoms with E-state index in [0.717, 1.165) is 6.07 Å². The maximum atomic E-state index is 13.2. The Hall–Kier alpha value is -0.980. The lowest BCUT2D eigenvalue weighted by molar-refractivity contribution is -0.151. The molecule has 0 aliphatic carbocycles. The Morgan fingerprint density at radius 3 is 2.75 bits per heavy atom. The second-order valence-corrected chi connectivity index (χ2v) is 3.84. The third-order valence-corrected chi connectivity index (χ3v) is 2.49. The molecule has 0 amide bonds. The number of ether oxygens (including phenoxy) is 1. The van der Waals surface area contributed by atoms with Crippen molar-refractivity contribution >= 4 is 21.9 Å². The molecule has 1 rings (SSSR count). The van der Waals surface area contributed by atoms with E-state index in [1.54, 1.807) is 0 Å². The van der Waals surface area contributed by atoms with Crippen LogP contribution in [0.15, 0.2) is 22.7 Å². The standard InChI is InChI=1S/C10H10BrFO4/c11-7-2-1-6(5-8(7)12)9(10(14)15)16-4-3-13/h1-2,5,9,13H,3-4H2,(H,14,15). The Kier molecular flexibility index (Phi) is 4.85. The number of carboxylic acids is 1. The van der Waals surface area contributed by atoms with Gasteiger partial charge in [-0.3, -0.25) is 0 Å². The summed E-state index contributed by atoms with van der Waals surface area (Å²) in [6, 6.07) is 3.94. The molecule has 1 aromatic carbocycles. The summed E-state index contributed by atoms with van der Waals surface area (Å²) in [6.07, 6.45) is -1.27. The lowest BCUT2D eigenvalue weighted by Crippen LogP contribution is -2.17. The second-order valence-electron chi connectivity index (χ2n) is 2.99. The molecule has 0 heterocycles. The number of aliphatic hydroxyl groups is 1. The summed E-state index contributed by atoms with van der Waals surface area (Å²) in [6.45, 7) is -0.405. The highest BCUT2D eigenvalue weighted by atomic mass is 79.9. The summed E-state index contributed by atoms with van der Waals surface area (Å²) >= 11 is 2.96. The molecular weight excluding hydrogens is 283 g/mol. The highest BCUT2D eigenvalue weighted by Crippen LogP contribution is 2.23. The summed E-state index contributed by atoms with van der Waals surface area (Å²) < 4.78 is 18.3. The first-order valence-corrected chi connectivity index (χ1v) is 5.25. The third kappa shape index (κ3) is 3.26. The van der Waals surface area contributed by atoms with Gasteiger partial charge in [0.1, 0.15) is 5.82 Å². The van der Waals surface area contributed by atoms with Crippen molar-refractivity contribution in [1.29, 1.82) is 0 Å². The molecule has 16 heavy (non-hydrogen) atoms. The first-order valence-electron chi connectivity index (χ1n) is 4.46. The Balaban J connectivity index is 2.92. The maximum Gasteiger partial charge on any atom is 0.337 e. The van der Waals surface area contributed by atoms with E-state index < -0.39 is 17.9 Å². The van der Waals surface area contributed by atoms with E-state index >= 15 is 0 Å². The van der Waals surface area contributed by atoms with Crippen LogP contribution in [0.3, 0.4) is 0 Å². The number of halogens is 2. The van der Waals surface area contributed by atoms with Crippen molar-refractivity contribution in [3.63, 3.8) is 0 Å². The summed E-state index contributed by atoms with van der Waals surface area (Å²) in [5, 5.41) is 17.4. The molecule has 1 atom stereocenters. The number of carbonyl (C=O) groups is 1. The predicted octanol–water partition coefficient (Wildman–Crippen LogP) is 1.72. The van der Waals surface area contributed by atoms with E-state index in [4.69, 9.17) is 14.9 Å². The lowest BCUT2D eigenvalue weighted by Gasteiger charge is -2.13. The molecule has 0 aromatic heterocycles. The summed E-state index contributed by atoms with van der Waals surface area (Å²) in [4.78, 5) is 10.9. The van der Waals surface area contributed by atoms with E-state index in [1.807, 2.05) is 0 Å². The van der Waals surface area contributed by atoms with Crippen LogP contribution in [0, 0.1) is 5.82 Å². The largest absolute Gasteiger partial charge is 0.479 e. The number of aliphatic hydroxyl groups excluding tert-OH is 1. The molecule has 1 unspecified atom stereocenters. The van der Waals surface area contributed by atoms with Gasteiger partial charge < -0.3 is 14.9 Å². The molecule has 6 heteroatoms. The van der Waals surface area contributed by atoms with E-state index in [0.29, 0.717) is 0 Å². The van der Waals surface area contributed by atoms with E-state index in [-0.39, 0.29) is 23.2 Å². The Morgan fingerprint density at radius 2 is 2.25 bits per heavy atom. The SMILES string of the molecule is O=C(O)C(OCCO)c1ccc(Br)c(F)c1. The van der Waals surface area contributed by atoms with Gasteiger partial charge >= 0.3 is 5.97 Å². The van der Waals surface area contributed by atoms with Gasteiger partial charge in [-0.05, 0) is 33.6 Å². The van der Waals surface area contributed by atoms with Crippen molar-refractivity contribution < 1.29 is 24.1 Å². The van der Waals surface area contributed by atoms with Crippen LogP contribution in [0.25, 0.3) is 0 Å². The molecule has 0 saturated heterocycles. The van der Waals surface area contributed by atoms with Gasteiger partial charge in [-0.25, -0.2) is 9.18 Å². The molecule has 0 saturated carbocycles. The molecule has 0 radical (unpaired) electrons. The number of hydrogen-bond acceptors (Lipinski definition) is 3. The highest BCUT2D eigenvalue weighted by Gasteiger charge is 2.21. The van der Waals surface area contributed by atoms with Crippen molar-refractivity contribution in [3.8, 4) is 0 Å². The number of aliphatic carboxylic acids is 1. The zero-order valence-electron chi connectivity index (χ0n) is 8.19. The van der Waals surface area contributed by atoms with Gasteiger partial charge in [0.05, 0.1) is 17.7 Å². The normalized spacial score (nSPS) is 12.4. The van der Waals surface area contributed by atoms with Crippen molar-refractivity contribution in [1.82, 2.24) is 0 Å². The van der Waals surface area contributed by atoms with Crippen LogP contribution in [0.5, 0.6) is 0 Å². The number of rotatable bonds is 5. The molecule has 88 valence electrons. The molecule has 2 N–H and O–H groups in total. The Bertz CT molecular complexity index is 383. The highest BCUT2D eigenvalue weighted by molar-refractivity contribution is 9.10. The molecule has 0 aliphatic rings. The number of hydrogen-bond donors (Lipinski definition) is 2. The molecule has 1 aromatic rings. The minimum atomic E-state index is -1.27. The lowest BCUT2D eigenvalue weighted by atomic mass is 10.1. The summed E-state index contributed by atoms with van der Waals surface area (Å²) in [7, 11) is 0. The zero-order chi connectivity index (χ0) is 12.1. The summed E-state index contributed by atoms with van der Waals surface area (Å²) in [5.74, 6) is -1.79. The maximum absolute atomic E-state index is 13.2. The monoisotopic (exact) mass is 292 g/mol. The van der Waals surface area contributed by atoms with Crippen LogP contribution < -0.4 is 0 Å². The Morgan fingerprint density at radius 1 is 1.56 bits per heavy atom. The second kappa shape index (κ2) is 5.93. The van der Waals surface area contributed by atoms with E-state index in [9.17, 15) is 9.18 Å². The number of benzene rings is 1. The minimum absolute atomic E-state index is 0.116. The van der Waals surface area contributed by atoms with Crippen LogP contribution in [0.2, 0.25) is 0 Å². The van der Waals surface area contributed by atoms with Gasteiger partial charge in [-0.15, -0.1) is 0 Å². The van der Waals surface area contributed by atoms with Crippen molar-refractivity contribution in [2.45, 2.75) is 6.10 Å². The van der Waals surface area contributed by atoms with Gasteiger partial charge in [0.15, 0.2) is 6.10 Å². The van der Waals surface area contributed by atoms with Crippen molar-refractivity contribution in [3.05, 3.63) is 34.1 Å². The van der Waals surface area contributed by atoms with Gasteiger partial charge in [-0.1, -0.05) is 6.07 Å². The molecule has 4 nitrogen and oxygen atoms in total. The summed E-state index contributed by atoms with van der Waals surface area (Å²) in [5.41, 5.74) is 0.196. The first kappa shape index (κ1) is 13.1. The topological polar surface area (TPSA) is 66.8 Å². The van der Waals surface area contributed by atoms with Crippen LogP contribution in [-0.2, 0) is 9.53 Å². The molecule has 0 fully saturated rings. The molecule has 0 spiro atoms. The molecule has 0 bridgehead atoms. The smallest absolute Gasteiger partial charge is 0.337 e. The van der Waals surface area contributed by atoms with Crippen LogP contribution in [0.1, 0.15) is 11.7 Å². The fraction of sp³-hybridized carbons (Fsp3) is 0.300. The Labute approximate surface area is 99.8 Å². The van der Waals surface area contributed by atoms with Gasteiger partial charge in [0, 0.05) is 0 Å². The van der Waals surface area contributed by atoms with Gasteiger partial charge in [-0.2, -0.15) is 0 Å². The van der Waals surface area contributed by atoms with Crippen LogP contribution >= 0.6 is 15.9 Å². The average Bonchev–Trinajstić information content (AvgIpc) is 2.23. The van der Waals surface area contributed by atoms with Gasteiger partial charge in [0.25, 0.3) is 0 Å². The van der Waals surface area contributed by atoms with Gasteiger partial charge in [0.2, 0.25) is 0 Å². The minimum Gasteiger partial charge on any atom is -0.479 e. The predicted molar refractivity (Wildman–Crippen MR) is 57.5 cm³/mol. The zero-order valence-corrected chi connectivity index (χ0v) is 9.78. The number of carboxylic acid groups (broad SMARTS) is 1. The van der Waals surface area contributed by atoms with Crippen LogP contribution in [0.4, 0.5) is 4.39 Å².